The van der Waals surface area contributed by atoms with Crippen LogP contribution in [0, 0.1) is 5.82 Å². The lowest BCUT2D eigenvalue weighted by atomic mass is 9.97. The average Bonchev–Trinajstić information content (AvgIpc) is 2.80. The van der Waals surface area contributed by atoms with Gasteiger partial charge in [-0.25, -0.2) is 14.2 Å². The Kier molecular flexibility index (Phi) is 6.46. The van der Waals surface area contributed by atoms with Gasteiger partial charge >= 0.3 is 6.03 Å². The van der Waals surface area contributed by atoms with Crippen molar-refractivity contribution in [3.63, 3.8) is 0 Å². The molecule has 0 spiro atoms. The van der Waals surface area contributed by atoms with Crippen LogP contribution in [0.4, 0.5) is 15.0 Å². The van der Waals surface area contributed by atoms with Crippen LogP contribution in [0.1, 0.15) is 11.1 Å². The first-order chi connectivity index (χ1) is 15.5. The molecule has 1 saturated heterocycles. The Balaban J connectivity index is 1.59. The second kappa shape index (κ2) is 9.44. The number of pyridine rings is 1. The molecule has 0 bridgehead atoms. The summed E-state index contributed by atoms with van der Waals surface area (Å²) in [5.74, 6) is 0.923. The largest absolute Gasteiger partial charge is 0.496 e. The number of anilines is 1. The van der Waals surface area contributed by atoms with E-state index in [1.807, 2.05) is 18.2 Å². The van der Waals surface area contributed by atoms with Crippen LogP contribution < -0.4 is 15.4 Å². The Labute approximate surface area is 191 Å². The summed E-state index contributed by atoms with van der Waals surface area (Å²) in [7, 11) is 1.52. The molecule has 4 rings (SSSR count). The maximum Gasteiger partial charge on any atom is 0.314 e. The summed E-state index contributed by atoms with van der Waals surface area (Å²) in [5.41, 5.74) is 7.91. The lowest BCUT2D eigenvalue weighted by Crippen LogP contribution is -2.50. The molecule has 1 fully saturated rings. The average molecular weight is 455 g/mol. The van der Waals surface area contributed by atoms with Gasteiger partial charge in [-0.05, 0) is 47.0 Å². The van der Waals surface area contributed by atoms with E-state index in [9.17, 15) is 4.79 Å². The summed E-state index contributed by atoms with van der Waals surface area (Å²) < 4.78 is 21.0. The molecule has 2 heterocycles. The number of piperazine rings is 1. The van der Waals surface area contributed by atoms with Crippen LogP contribution in [0.25, 0.3) is 11.1 Å². The van der Waals surface area contributed by atoms with Crippen molar-refractivity contribution in [2.24, 2.45) is 5.73 Å². The molecular weight excluding hydrogens is 431 g/mol. The molecule has 166 valence electrons. The first-order valence-electron chi connectivity index (χ1n) is 10.3. The zero-order chi connectivity index (χ0) is 22.7. The van der Waals surface area contributed by atoms with Crippen molar-refractivity contribution in [2.75, 3.05) is 38.2 Å². The second-order valence-electron chi connectivity index (χ2n) is 7.64. The van der Waals surface area contributed by atoms with E-state index in [0.29, 0.717) is 60.1 Å². The van der Waals surface area contributed by atoms with Crippen molar-refractivity contribution in [1.29, 1.82) is 0 Å². The van der Waals surface area contributed by atoms with Gasteiger partial charge in [-0.1, -0.05) is 29.8 Å². The summed E-state index contributed by atoms with van der Waals surface area (Å²) in [5, 5.41) is 0.532. The number of aromatic nitrogens is 1. The Bertz CT molecular complexity index is 1130. The van der Waals surface area contributed by atoms with Gasteiger partial charge in [-0.3, -0.25) is 0 Å². The Morgan fingerprint density at radius 1 is 1.16 bits per heavy atom. The fraction of sp³-hybridized carbons (Fsp3) is 0.250. The summed E-state index contributed by atoms with van der Waals surface area (Å²) >= 11 is 6.13. The third-order valence-corrected chi connectivity index (χ3v) is 5.87. The van der Waals surface area contributed by atoms with E-state index < -0.39 is 6.03 Å². The topological polar surface area (TPSA) is 71.7 Å². The highest BCUT2D eigenvalue weighted by molar-refractivity contribution is 6.30. The molecule has 0 radical (unpaired) electrons. The van der Waals surface area contributed by atoms with E-state index in [2.05, 4.69) is 9.88 Å². The Hall–Kier alpha value is -3.32. The van der Waals surface area contributed by atoms with Crippen LogP contribution >= 0.6 is 11.6 Å². The molecule has 8 heteroatoms. The van der Waals surface area contributed by atoms with Crippen LogP contribution in [-0.2, 0) is 6.42 Å². The summed E-state index contributed by atoms with van der Waals surface area (Å²) in [6.45, 7) is 2.40. The van der Waals surface area contributed by atoms with Crippen molar-refractivity contribution < 1.29 is 13.9 Å². The number of urea groups is 1. The molecule has 0 aliphatic carbocycles. The number of carbonyl (C=O) groups excluding carboxylic acids is 1. The predicted molar refractivity (Wildman–Crippen MR) is 124 cm³/mol. The zero-order valence-electron chi connectivity index (χ0n) is 17.7. The molecule has 2 amide bonds. The van der Waals surface area contributed by atoms with Crippen molar-refractivity contribution in [1.82, 2.24) is 9.88 Å². The number of methoxy groups -OCH3 is 1. The lowest BCUT2D eigenvalue weighted by Gasteiger charge is -2.34. The third kappa shape index (κ3) is 4.62. The standard InChI is InChI=1S/C24H24ClFN4O2/c1-32-20-6-5-18(23(26)22(20)17-3-2-4-19(25)15-17)13-16-7-8-28-21(14-16)29-9-11-30(12-10-29)24(27)31/h2-8,14-15H,9-13H2,1H3,(H2,27,31). The molecule has 0 saturated carbocycles. The summed E-state index contributed by atoms with van der Waals surface area (Å²) in [4.78, 5) is 19.5. The first kappa shape index (κ1) is 21.9. The molecule has 1 aliphatic rings. The number of hydrogen-bond acceptors (Lipinski definition) is 4. The number of halogens is 2. The zero-order valence-corrected chi connectivity index (χ0v) is 18.5. The molecule has 2 aromatic carbocycles. The minimum Gasteiger partial charge on any atom is -0.496 e. The van der Waals surface area contributed by atoms with Crippen LogP contribution in [-0.4, -0.2) is 49.2 Å². The highest BCUT2D eigenvalue weighted by Gasteiger charge is 2.21. The molecule has 2 N–H and O–H groups in total. The van der Waals surface area contributed by atoms with Crippen molar-refractivity contribution in [2.45, 2.75) is 6.42 Å². The van der Waals surface area contributed by atoms with Gasteiger partial charge in [0.15, 0.2) is 0 Å². The van der Waals surface area contributed by atoms with E-state index in [4.69, 9.17) is 22.1 Å². The van der Waals surface area contributed by atoms with Crippen LogP contribution in [0.3, 0.4) is 0 Å². The fourth-order valence-corrected chi connectivity index (χ4v) is 4.13. The molecule has 0 unspecified atom stereocenters. The molecule has 0 atom stereocenters. The van der Waals surface area contributed by atoms with Crippen molar-refractivity contribution in [3.8, 4) is 16.9 Å². The molecular formula is C24H24ClFN4O2. The SMILES string of the molecule is COc1ccc(Cc2ccnc(N3CCN(C(N)=O)CC3)c2)c(F)c1-c1cccc(Cl)c1. The maximum atomic E-state index is 15.6. The monoisotopic (exact) mass is 454 g/mol. The van der Waals surface area contributed by atoms with Gasteiger partial charge in [0.1, 0.15) is 17.4 Å². The summed E-state index contributed by atoms with van der Waals surface area (Å²) in [6, 6.07) is 14.0. The number of nitrogens with two attached hydrogens (primary N) is 1. The number of nitrogens with zero attached hydrogens (tertiary/aromatic N) is 3. The van der Waals surface area contributed by atoms with Gasteiger partial charge in [0.25, 0.3) is 0 Å². The van der Waals surface area contributed by atoms with Crippen LogP contribution in [0.5, 0.6) is 5.75 Å². The smallest absolute Gasteiger partial charge is 0.314 e. The van der Waals surface area contributed by atoms with Crippen molar-refractivity contribution in [3.05, 3.63) is 76.7 Å². The fourth-order valence-electron chi connectivity index (χ4n) is 3.94. The number of amides is 2. The Morgan fingerprint density at radius 2 is 1.94 bits per heavy atom. The number of carbonyl (C=O) groups is 1. The molecule has 32 heavy (non-hydrogen) atoms. The van der Waals surface area contributed by atoms with Crippen LogP contribution in [0.15, 0.2) is 54.7 Å². The normalized spacial score (nSPS) is 13.8. The van der Waals surface area contributed by atoms with E-state index >= 15 is 4.39 Å². The van der Waals surface area contributed by atoms with Gasteiger partial charge in [0.05, 0.1) is 12.7 Å². The maximum absolute atomic E-state index is 15.6. The second-order valence-corrected chi connectivity index (χ2v) is 8.07. The van der Waals surface area contributed by atoms with Gasteiger partial charge in [-0.2, -0.15) is 0 Å². The van der Waals surface area contributed by atoms with Gasteiger partial charge in [0, 0.05) is 43.8 Å². The first-order valence-corrected chi connectivity index (χ1v) is 10.7. The molecule has 6 nitrogen and oxygen atoms in total. The summed E-state index contributed by atoms with van der Waals surface area (Å²) in [6.07, 6.45) is 2.13. The van der Waals surface area contributed by atoms with E-state index in [1.54, 1.807) is 41.4 Å². The van der Waals surface area contributed by atoms with Gasteiger partial charge in [0.2, 0.25) is 0 Å². The van der Waals surface area contributed by atoms with Gasteiger partial charge < -0.3 is 20.3 Å². The van der Waals surface area contributed by atoms with E-state index in [-0.39, 0.29) is 5.82 Å². The quantitative estimate of drug-likeness (QED) is 0.622. The van der Waals surface area contributed by atoms with E-state index in [0.717, 1.165) is 11.4 Å². The third-order valence-electron chi connectivity index (χ3n) is 5.64. The van der Waals surface area contributed by atoms with Crippen LogP contribution in [0.2, 0.25) is 5.02 Å². The predicted octanol–water partition coefficient (Wildman–Crippen LogP) is 4.34. The van der Waals surface area contributed by atoms with E-state index in [1.165, 1.54) is 7.11 Å². The Morgan fingerprint density at radius 3 is 2.62 bits per heavy atom. The number of primary amides is 1. The number of rotatable bonds is 5. The number of benzene rings is 2. The minimum absolute atomic E-state index is 0.333. The van der Waals surface area contributed by atoms with Gasteiger partial charge in [-0.15, -0.1) is 0 Å². The highest BCUT2D eigenvalue weighted by atomic mass is 35.5. The highest BCUT2D eigenvalue weighted by Crippen LogP contribution is 2.36. The lowest BCUT2D eigenvalue weighted by molar-refractivity contribution is 0.204. The number of ether oxygens (including phenoxy) is 1. The number of hydrogen-bond donors (Lipinski definition) is 1. The molecule has 1 aromatic heterocycles. The molecule has 1 aliphatic heterocycles. The molecule has 3 aromatic rings. The minimum atomic E-state index is -0.406. The van der Waals surface area contributed by atoms with Crippen molar-refractivity contribution >= 4 is 23.4 Å².